The number of rotatable bonds is 6. The van der Waals surface area contributed by atoms with Crippen molar-refractivity contribution in [3.8, 4) is 6.07 Å². The Morgan fingerprint density at radius 2 is 2.22 bits per heavy atom. The SMILES string of the molecule is COCCNCc1cn(CC#N)c2ccccc12. The van der Waals surface area contributed by atoms with E-state index in [0.29, 0.717) is 13.2 Å². The lowest BCUT2D eigenvalue weighted by molar-refractivity contribution is 0.199. The predicted octanol–water partition coefficient (Wildman–Crippen LogP) is 1.90. The maximum atomic E-state index is 8.83. The molecule has 0 aliphatic carbocycles. The summed E-state index contributed by atoms with van der Waals surface area (Å²) in [5.74, 6) is 0. The summed E-state index contributed by atoms with van der Waals surface area (Å²) in [6.45, 7) is 2.71. The minimum atomic E-state index is 0.387. The maximum absolute atomic E-state index is 8.83. The first-order valence-corrected chi connectivity index (χ1v) is 6.00. The summed E-state index contributed by atoms with van der Waals surface area (Å²) >= 11 is 0. The van der Waals surface area contributed by atoms with E-state index in [2.05, 4.69) is 17.5 Å². The van der Waals surface area contributed by atoms with Crippen molar-refractivity contribution in [2.24, 2.45) is 0 Å². The average Bonchev–Trinajstić information content (AvgIpc) is 2.74. The van der Waals surface area contributed by atoms with Crippen LogP contribution >= 0.6 is 0 Å². The molecule has 1 heterocycles. The Hall–Kier alpha value is -1.83. The fourth-order valence-corrected chi connectivity index (χ4v) is 2.07. The molecule has 2 rings (SSSR count). The van der Waals surface area contributed by atoms with Gasteiger partial charge >= 0.3 is 0 Å². The van der Waals surface area contributed by atoms with Crippen LogP contribution in [0.15, 0.2) is 30.5 Å². The van der Waals surface area contributed by atoms with E-state index < -0.39 is 0 Å². The van der Waals surface area contributed by atoms with Gasteiger partial charge in [-0.15, -0.1) is 0 Å². The van der Waals surface area contributed by atoms with Crippen LogP contribution in [-0.2, 0) is 17.8 Å². The fraction of sp³-hybridized carbons (Fsp3) is 0.357. The number of para-hydroxylation sites is 1. The standard InChI is InChI=1S/C14H17N3O/c1-18-9-7-16-10-12-11-17(8-6-15)14-5-3-2-4-13(12)14/h2-5,11,16H,7-10H2,1H3. The first-order chi connectivity index (χ1) is 8.86. The van der Waals surface area contributed by atoms with Gasteiger partial charge in [0.1, 0.15) is 6.54 Å². The van der Waals surface area contributed by atoms with Crippen LogP contribution in [0.25, 0.3) is 10.9 Å². The molecule has 0 fully saturated rings. The predicted molar refractivity (Wildman–Crippen MR) is 71.1 cm³/mol. The van der Waals surface area contributed by atoms with Gasteiger partial charge in [-0.25, -0.2) is 0 Å². The van der Waals surface area contributed by atoms with Gasteiger partial charge in [0.2, 0.25) is 0 Å². The van der Waals surface area contributed by atoms with Crippen molar-refractivity contribution in [3.05, 3.63) is 36.0 Å². The van der Waals surface area contributed by atoms with E-state index in [0.717, 1.165) is 18.6 Å². The van der Waals surface area contributed by atoms with E-state index in [4.69, 9.17) is 10.00 Å². The van der Waals surface area contributed by atoms with Crippen molar-refractivity contribution in [1.29, 1.82) is 5.26 Å². The second kappa shape index (κ2) is 6.20. The number of methoxy groups -OCH3 is 1. The minimum Gasteiger partial charge on any atom is -0.383 e. The summed E-state index contributed by atoms with van der Waals surface area (Å²) in [5.41, 5.74) is 2.33. The quantitative estimate of drug-likeness (QED) is 0.788. The maximum Gasteiger partial charge on any atom is 0.110 e. The lowest BCUT2D eigenvalue weighted by Gasteiger charge is -2.02. The van der Waals surface area contributed by atoms with E-state index in [1.54, 1.807) is 7.11 Å². The van der Waals surface area contributed by atoms with Crippen LogP contribution in [0.4, 0.5) is 0 Å². The van der Waals surface area contributed by atoms with Gasteiger partial charge in [0.25, 0.3) is 0 Å². The van der Waals surface area contributed by atoms with Crippen LogP contribution < -0.4 is 5.32 Å². The number of fused-ring (bicyclic) bond motifs is 1. The van der Waals surface area contributed by atoms with Crippen LogP contribution in [0.1, 0.15) is 5.56 Å². The summed E-state index contributed by atoms with van der Waals surface area (Å²) in [6, 6.07) is 10.4. The molecule has 1 aromatic carbocycles. The number of benzene rings is 1. The second-order valence-electron chi connectivity index (χ2n) is 4.13. The first-order valence-electron chi connectivity index (χ1n) is 6.00. The van der Waals surface area contributed by atoms with Crippen molar-refractivity contribution in [2.45, 2.75) is 13.1 Å². The highest BCUT2D eigenvalue weighted by Crippen LogP contribution is 2.20. The van der Waals surface area contributed by atoms with E-state index in [1.165, 1.54) is 10.9 Å². The number of hydrogen-bond donors (Lipinski definition) is 1. The topological polar surface area (TPSA) is 50.0 Å². The molecule has 94 valence electrons. The summed E-state index contributed by atoms with van der Waals surface area (Å²) in [5, 5.41) is 13.4. The molecule has 1 N–H and O–H groups in total. The number of hydrogen-bond acceptors (Lipinski definition) is 3. The van der Waals surface area contributed by atoms with Crippen LogP contribution in [-0.4, -0.2) is 24.8 Å². The van der Waals surface area contributed by atoms with E-state index in [-0.39, 0.29) is 0 Å². The molecule has 2 aromatic rings. The van der Waals surface area contributed by atoms with Gasteiger partial charge in [-0.3, -0.25) is 0 Å². The number of nitrogens with zero attached hydrogens (tertiary/aromatic N) is 2. The number of aromatic nitrogens is 1. The highest BCUT2D eigenvalue weighted by Gasteiger charge is 2.06. The highest BCUT2D eigenvalue weighted by molar-refractivity contribution is 5.84. The van der Waals surface area contributed by atoms with Gasteiger partial charge in [0, 0.05) is 37.3 Å². The largest absolute Gasteiger partial charge is 0.383 e. The fourth-order valence-electron chi connectivity index (χ4n) is 2.07. The summed E-state index contributed by atoms with van der Waals surface area (Å²) < 4.78 is 6.99. The van der Waals surface area contributed by atoms with Gasteiger partial charge in [-0.2, -0.15) is 5.26 Å². The van der Waals surface area contributed by atoms with Crippen molar-refractivity contribution in [2.75, 3.05) is 20.3 Å². The Morgan fingerprint density at radius 1 is 1.39 bits per heavy atom. The highest BCUT2D eigenvalue weighted by atomic mass is 16.5. The monoisotopic (exact) mass is 243 g/mol. The smallest absolute Gasteiger partial charge is 0.110 e. The molecule has 18 heavy (non-hydrogen) atoms. The Balaban J connectivity index is 2.19. The van der Waals surface area contributed by atoms with E-state index >= 15 is 0 Å². The number of nitrogens with one attached hydrogen (secondary N) is 1. The zero-order valence-corrected chi connectivity index (χ0v) is 10.5. The molecule has 0 atom stereocenters. The van der Waals surface area contributed by atoms with Gasteiger partial charge in [0.05, 0.1) is 12.7 Å². The van der Waals surface area contributed by atoms with Gasteiger partial charge in [-0.05, 0) is 11.6 Å². The molecule has 0 aliphatic rings. The Kier molecular flexibility index (Phi) is 4.35. The summed E-state index contributed by atoms with van der Waals surface area (Å²) in [4.78, 5) is 0. The van der Waals surface area contributed by atoms with Crippen molar-refractivity contribution < 1.29 is 4.74 Å². The third kappa shape index (κ3) is 2.70. The van der Waals surface area contributed by atoms with Crippen LogP contribution in [0.3, 0.4) is 0 Å². The molecule has 0 amide bonds. The molecule has 0 saturated heterocycles. The lowest BCUT2D eigenvalue weighted by Crippen LogP contribution is -2.18. The molecule has 0 spiro atoms. The zero-order valence-electron chi connectivity index (χ0n) is 10.5. The third-order valence-electron chi connectivity index (χ3n) is 2.91. The molecule has 0 bridgehead atoms. The molecule has 1 aromatic heterocycles. The van der Waals surface area contributed by atoms with Crippen molar-refractivity contribution in [1.82, 2.24) is 9.88 Å². The van der Waals surface area contributed by atoms with E-state index in [9.17, 15) is 0 Å². The van der Waals surface area contributed by atoms with Gasteiger partial charge < -0.3 is 14.6 Å². The number of ether oxygens (including phenoxy) is 1. The molecule has 0 saturated carbocycles. The molecule has 4 nitrogen and oxygen atoms in total. The molecule has 0 aliphatic heterocycles. The van der Waals surface area contributed by atoms with Crippen LogP contribution in [0.2, 0.25) is 0 Å². The zero-order chi connectivity index (χ0) is 12.8. The van der Waals surface area contributed by atoms with Crippen molar-refractivity contribution in [3.63, 3.8) is 0 Å². The summed E-state index contributed by atoms with van der Waals surface area (Å²) in [7, 11) is 1.69. The van der Waals surface area contributed by atoms with Gasteiger partial charge in [0.15, 0.2) is 0 Å². The summed E-state index contributed by atoms with van der Waals surface area (Å²) in [6.07, 6.45) is 2.05. The van der Waals surface area contributed by atoms with E-state index in [1.807, 2.05) is 29.0 Å². The average molecular weight is 243 g/mol. The molecule has 0 unspecified atom stereocenters. The molecular weight excluding hydrogens is 226 g/mol. The normalized spacial score (nSPS) is 10.7. The second-order valence-corrected chi connectivity index (χ2v) is 4.13. The van der Waals surface area contributed by atoms with Crippen LogP contribution in [0, 0.1) is 11.3 Å². The lowest BCUT2D eigenvalue weighted by atomic mass is 10.2. The molecule has 4 heteroatoms. The number of nitriles is 1. The Bertz CT molecular complexity index is 554. The van der Waals surface area contributed by atoms with Crippen LogP contribution in [0.5, 0.6) is 0 Å². The Labute approximate surface area is 107 Å². The molecular formula is C14H17N3O. The first kappa shape index (κ1) is 12.6. The van der Waals surface area contributed by atoms with Crippen molar-refractivity contribution >= 4 is 10.9 Å². The third-order valence-corrected chi connectivity index (χ3v) is 2.91. The van der Waals surface area contributed by atoms with Gasteiger partial charge in [-0.1, -0.05) is 18.2 Å². The Morgan fingerprint density at radius 3 is 3.00 bits per heavy atom. The minimum absolute atomic E-state index is 0.387. The molecule has 0 radical (unpaired) electrons.